The number of ether oxygens (including phenoxy) is 2. The van der Waals surface area contributed by atoms with E-state index in [4.69, 9.17) is 9.47 Å². The topological polar surface area (TPSA) is 59.6 Å². The Morgan fingerprint density at radius 2 is 2.06 bits per heavy atom. The molecule has 0 unspecified atom stereocenters. The molecule has 2 N–H and O–H groups in total. The number of carbonyl (C=O) groups excluding carboxylic acids is 1. The number of carbonyl (C=O) groups is 1. The first-order valence-electron chi connectivity index (χ1n) is 5.59. The highest BCUT2D eigenvalue weighted by atomic mass is 16.6. The van der Waals surface area contributed by atoms with Crippen LogP contribution in [0.3, 0.4) is 0 Å². The molecule has 94 valence electrons. The molecule has 1 amide bonds. The fraction of sp³-hybridized carbons (Fsp3) is 0.417. The van der Waals surface area contributed by atoms with Gasteiger partial charge in [-0.1, -0.05) is 6.07 Å². The van der Waals surface area contributed by atoms with E-state index in [1.807, 2.05) is 20.0 Å². The first-order chi connectivity index (χ1) is 8.26. The predicted octanol–water partition coefficient (Wildman–Crippen LogP) is 1.39. The molecule has 1 rings (SSSR count). The maximum Gasteiger partial charge on any atom is 0.412 e. The van der Waals surface area contributed by atoms with Crippen LogP contribution in [0.1, 0.15) is 6.92 Å². The van der Waals surface area contributed by atoms with Gasteiger partial charge >= 0.3 is 6.09 Å². The molecule has 0 bridgehead atoms. The van der Waals surface area contributed by atoms with Gasteiger partial charge in [0.2, 0.25) is 0 Å². The Bertz CT molecular complexity index is 355. The smallest absolute Gasteiger partial charge is 0.412 e. The second-order valence-electron chi connectivity index (χ2n) is 3.33. The van der Waals surface area contributed by atoms with Crippen molar-refractivity contribution in [1.29, 1.82) is 0 Å². The Kier molecular flexibility index (Phi) is 5.88. The maximum atomic E-state index is 11.4. The van der Waals surface area contributed by atoms with E-state index < -0.39 is 6.09 Å². The molecule has 0 atom stereocenters. The van der Waals surface area contributed by atoms with Gasteiger partial charge in [0, 0.05) is 19.2 Å². The van der Waals surface area contributed by atoms with E-state index in [-0.39, 0.29) is 0 Å². The van der Waals surface area contributed by atoms with Crippen LogP contribution in [0.5, 0.6) is 11.5 Å². The van der Waals surface area contributed by atoms with Crippen molar-refractivity contribution < 1.29 is 14.3 Å². The molecule has 0 saturated carbocycles. The summed E-state index contributed by atoms with van der Waals surface area (Å²) in [5.41, 5.74) is 0. The summed E-state index contributed by atoms with van der Waals surface area (Å²) in [5, 5.41) is 5.54. The van der Waals surface area contributed by atoms with Crippen molar-refractivity contribution in [2.45, 2.75) is 6.92 Å². The lowest BCUT2D eigenvalue weighted by atomic mass is 10.3. The van der Waals surface area contributed by atoms with Crippen LogP contribution in [0.25, 0.3) is 0 Å². The van der Waals surface area contributed by atoms with Crippen LogP contribution in [-0.4, -0.2) is 32.8 Å². The van der Waals surface area contributed by atoms with Gasteiger partial charge in [0.25, 0.3) is 0 Å². The average molecular weight is 238 g/mol. The zero-order valence-electron chi connectivity index (χ0n) is 10.2. The molecule has 0 aliphatic carbocycles. The van der Waals surface area contributed by atoms with Crippen LogP contribution in [0, 0.1) is 0 Å². The zero-order chi connectivity index (χ0) is 12.5. The van der Waals surface area contributed by atoms with Crippen LogP contribution in [0.2, 0.25) is 0 Å². The standard InChI is InChI=1S/C12H18N2O3/c1-3-16-10-5-4-6-11(9-10)17-12(15)14-8-7-13-2/h4-6,9,13H,3,7-8H2,1-2H3,(H,14,15). The summed E-state index contributed by atoms with van der Waals surface area (Å²) >= 11 is 0. The van der Waals surface area contributed by atoms with E-state index in [1.54, 1.807) is 18.2 Å². The summed E-state index contributed by atoms with van der Waals surface area (Å²) in [4.78, 5) is 11.4. The number of hydrogen-bond donors (Lipinski definition) is 2. The maximum absolute atomic E-state index is 11.4. The fourth-order valence-corrected chi connectivity index (χ4v) is 1.23. The highest BCUT2D eigenvalue weighted by Crippen LogP contribution is 2.19. The number of nitrogens with one attached hydrogen (secondary N) is 2. The minimum Gasteiger partial charge on any atom is -0.494 e. The third-order valence-corrected chi connectivity index (χ3v) is 1.97. The van der Waals surface area contributed by atoms with Gasteiger partial charge < -0.3 is 20.1 Å². The second kappa shape index (κ2) is 7.51. The highest BCUT2D eigenvalue weighted by molar-refractivity contribution is 5.70. The zero-order valence-corrected chi connectivity index (χ0v) is 10.2. The largest absolute Gasteiger partial charge is 0.494 e. The van der Waals surface area contributed by atoms with Crippen molar-refractivity contribution in [3.63, 3.8) is 0 Å². The van der Waals surface area contributed by atoms with Crippen molar-refractivity contribution in [3.8, 4) is 11.5 Å². The van der Waals surface area contributed by atoms with Crippen molar-refractivity contribution >= 4 is 6.09 Å². The normalized spacial score (nSPS) is 9.76. The molecule has 0 aliphatic heterocycles. The van der Waals surface area contributed by atoms with Crippen LogP contribution in [0.15, 0.2) is 24.3 Å². The Labute approximate surface area is 101 Å². The molecule has 5 nitrogen and oxygen atoms in total. The Balaban J connectivity index is 2.44. The minimum atomic E-state index is -0.464. The van der Waals surface area contributed by atoms with Gasteiger partial charge in [0.15, 0.2) is 0 Å². The number of rotatable bonds is 6. The summed E-state index contributed by atoms with van der Waals surface area (Å²) < 4.78 is 10.4. The summed E-state index contributed by atoms with van der Waals surface area (Å²) in [5.74, 6) is 1.16. The SMILES string of the molecule is CCOc1cccc(OC(=O)NCCNC)c1. The van der Waals surface area contributed by atoms with Gasteiger partial charge in [0.1, 0.15) is 11.5 Å². The number of hydrogen-bond acceptors (Lipinski definition) is 4. The molecular weight excluding hydrogens is 220 g/mol. The van der Waals surface area contributed by atoms with Crippen LogP contribution in [-0.2, 0) is 0 Å². The lowest BCUT2D eigenvalue weighted by Crippen LogP contribution is -2.32. The Morgan fingerprint density at radius 1 is 1.29 bits per heavy atom. The molecule has 0 spiro atoms. The van der Waals surface area contributed by atoms with E-state index in [2.05, 4.69) is 10.6 Å². The average Bonchev–Trinajstić information content (AvgIpc) is 2.30. The van der Waals surface area contributed by atoms with Crippen LogP contribution in [0.4, 0.5) is 4.79 Å². The van der Waals surface area contributed by atoms with Gasteiger partial charge in [-0.25, -0.2) is 4.79 Å². The second-order valence-corrected chi connectivity index (χ2v) is 3.33. The molecule has 1 aromatic rings. The van der Waals surface area contributed by atoms with Gasteiger partial charge in [-0.05, 0) is 26.1 Å². The van der Waals surface area contributed by atoms with E-state index in [0.29, 0.717) is 31.2 Å². The molecule has 0 aliphatic rings. The quantitative estimate of drug-likeness (QED) is 0.735. The summed E-state index contributed by atoms with van der Waals surface area (Å²) in [6, 6.07) is 6.98. The van der Waals surface area contributed by atoms with Crippen molar-refractivity contribution in [1.82, 2.24) is 10.6 Å². The number of benzene rings is 1. The molecule has 17 heavy (non-hydrogen) atoms. The van der Waals surface area contributed by atoms with Gasteiger partial charge in [-0.15, -0.1) is 0 Å². The first kappa shape index (κ1) is 13.3. The van der Waals surface area contributed by atoms with Gasteiger partial charge in [0.05, 0.1) is 6.61 Å². The van der Waals surface area contributed by atoms with Crippen LogP contribution >= 0.6 is 0 Å². The summed E-state index contributed by atoms with van der Waals surface area (Å²) in [7, 11) is 1.82. The highest BCUT2D eigenvalue weighted by Gasteiger charge is 2.04. The monoisotopic (exact) mass is 238 g/mol. The van der Waals surface area contributed by atoms with Gasteiger partial charge in [-0.3, -0.25) is 0 Å². The summed E-state index contributed by atoms with van der Waals surface area (Å²) in [6.07, 6.45) is -0.464. The van der Waals surface area contributed by atoms with E-state index >= 15 is 0 Å². The van der Waals surface area contributed by atoms with Crippen molar-refractivity contribution in [2.75, 3.05) is 26.7 Å². The lowest BCUT2D eigenvalue weighted by molar-refractivity contribution is 0.200. The predicted molar refractivity (Wildman–Crippen MR) is 65.6 cm³/mol. The van der Waals surface area contributed by atoms with E-state index in [9.17, 15) is 4.79 Å². The molecule has 0 saturated heterocycles. The molecule has 0 radical (unpaired) electrons. The first-order valence-corrected chi connectivity index (χ1v) is 5.59. The molecule has 0 aromatic heterocycles. The van der Waals surface area contributed by atoms with Crippen molar-refractivity contribution in [3.05, 3.63) is 24.3 Å². The molecule has 0 heterocycles. The van der Waals surface area contributed by atoms with Gasteiger partial charge in [-0.2, -0.15) is 0 Å². The Hall–Kier alpha value is -1.75. The van der Waals surface area contributed by atoms with E-state index in [1.165, 1.54) is 0 Å². The molecule has 5 heteroatoms. The van der Waals surface area contributed by atoms with Crippen molar-refractivity contribution in [2.24, 2.45) is 0 Å². The molecule has 1 aromatic carbocycles. The molecule has 0 fully saturated rings. The third-order valence-electron chi connectivity index (χ3n) is 1.97. The number of likely N-dealkylation sites (N-methyl/N-ethyl adjacent to an activating group) is 1. The Morgan fingerprint density at radius 3 is 2.76 bits per heavy atom. The fourth-order valence-electron chi connectivity index (χ4n) is 1.23. The lowest BCUT2D eigenvalue weighted by Gasteiger charge is -2.08. The third kappa shape index (κ3) is 5.21. The molecular formula is C12H18N2O3. The number of amides is 1. The summed E-state index contributed by atoms with van der Waals surface area (Å²) in [6.45, 7) is 3.71. The van der Waals surface area contributed by atoms with E-state index in [0.717, 1.165) is 0 Å². The minimum absolute atomic E-state index is 0.464. The van der Waals surface area contributed by atoms with Crippen LogP contribution < -0.4 is 20.1 Å².